The van der Waals surface area contributed by atoms with Gasteiger partial charge in [0.1, 0.15) is 0 Å². The van der Waals surface area contributed by atoms with Crippen molar-refractivity contribution in [2.24, 2.45) is 5.73 Å². The van der Waals surface area contributed by atoms with E-state index in [9.17, 15) is 5.11 Å². The van der Waals surface area contributed by atoms with E-state index < -0.39 is 0 Å². The minimum Gasteiger partial charge on any atom is -0.391 e. The first-order chi connectivity index (χ1) is 7.72. The van der Waals surface area contributed by atoms with Crippen LogP contribution in [0.15, 0.2) is 0 Å². The standard InChI is InChI=1S/C13H26N2O/c1-2-15(12-4-3-5-13(12)16)11-8-6-10(14)7-9-11/h10-13,16H,2-9,14H2,1H3. The van der Waals surface area contributed by atoms with Gasteiger partial charge in [0, 0.05) is 18.1 Å². The van der Waals surface area contributed by atoms with E-state index in [0.717, 1.165) is 25.8 Å². The summed E-state index contributed by atoms with van der Waals surface area (Å²) in [6.07, 6.45) is 8.03. The number of aliphatic hydroxyl groups is 1. The number of aliphatic hydroxyl groups excluding tert-OH is 1. The highest BCUT2D eigenvalue weighted by Crippen LogP contribution is 2.30. The number of nitrogens with zero attached hydrogens (tertiary/aromatic N) is 1. The highest BCUT2D eigenvalue weighted by atomic mass is 16.3. The topological polar surface area (TPSA) is 49.5 Å². The van der Waals surface area contributed by atoms with E-state index in [1.54, 1.807) is 0 Å². The van der Waals surface area contributed by atoms with Crippen molar-refractivity contribution in [1.82, 2.24) is 4.90 Å². The van der Waals surface area contributed by atoms with Gasteiger partial charge in [0.15, 0.2) is 0 Å². The van der Waals surface area contributed by atoms with Crippen molar-refractivity contribution in [3.8, 4) is 0 Å². The molecule has 2 fully saturated rings. The number of nitrogens with two attached hydrogens (primary N) is 1. The summed E-state index contributed by atoms with van der Waals surface area (Å²) in [5, 5.41) is 10.0. The molecule has 3 nitrogen and oxygen atoms in total. The van der Waals surface area contributed by atoms with E-state index >= 15 is 0 Å². The summed E-state index contributed by atoms with van der Waals surface area (Å²) >= 11 is 0. The molecular weight excluding hydrogens is 200 g/mol. The third kappa shape index (κ3) is 2.58. The van der Waals surface area contributed by atoms with Crippen molar-refractivity contribution in [2.75, 3.05) is 6.54 Å². The predicted octanol–water partition coefficient (Wildman–Crippen LogP) is 1.49. The largest absolute Gasteiger partial charge is 0.391 e. The fraction of sp³-hybridized carbons (Fsp3) is 1.00. The Morgan fingerprint density at radius 2 is 1.81 bits per heavy atom. The lowest BCUT2D eigenvalue weighted by Gasteiger charge is -2.40. The molecule has 0 heterocycles. The molecule has 2 aliphatic rings. The monoisotopic (exact) mass is 226 g/mol. The molecule has 0 radical (unpaired) electrons. The van der Waals surface area contributed by atoms with Crippen LogP contribution in [0.25, 0.3) is 0 Å². The summed E-state index contributed by atoms with van der Waals surface area (Å²) in [4.78, 5) is 2.55. The molecule has 3 N–H and O–H groups in total. The second-order valence-electron chi connectivity index (χ2n) is 5.46. The first kappa shape index (κ1) is 12.3. The minimum absolute atomic E-state index is 0.0875. The number of likely N-dealkylation sites (N-methyl/N-ethyl adjacent to an activating group) is 1. The molecule has 16 heavy (non-hydrogen) atoms. The second kappa shape index (κ2) is 5.48. The Morgan fingerprint density at radius 1 is 1.12 bits per heavy atom. The lowest BCUT2D eigenvalue weighted by Crippen LogP contribution is -2.49. The molecule has 2 unspecified atom stereocenters. The Morgan fingerprint density at radius 3 is 2.31 bits per heavy atom. The Balaban J connectivity index is 1.93. The van der Waals surface area contributed by atoms with Crippen molar-refractivity contribution >= 4 is 0 Å². The van der Waals surface area contributed by atoms with E-state index in [2.05, 4.69) is 11.8 Å². The number of rotatable bonds is 3. The lowest BCUT2D eigenvalue weighted by atomic mass is 9.89. The molecule has 2 rings (SSSR count). The van der Waals surface area contributed by atoms with Gasteiger partial charge in [-0.05, 0) is 51.5 Å². The van der Waals surface area contributed by atoms with Crippen LogP contribution >= 0.6 is 0 Å². The SMILES string of the molecule is CCN(C1CCC(N)CC1)C1CCCC1O. The summed E-state index contributed by atoms with van der Waals surface area (Å²) in [7, 11) is 0. The van der Waals surface area contributed by atoms with E-state index in [1.807, 2.05) is 0 Å². The van der Waals surface area contributed by atoms with Gasteiger partial charge in [-0.25, -0.2) is 0 Å². The molecule has 0 aromatic carbocycles. The van der Waals surface area contributed by atoms with Crippen LogP contribution in [0.3, 0.4) is 0 Å². The molecule has 2 atom stereocenters. The van der Waals surface area contributed by atoms with Crippen molar-refractivity contribution in [3.05, 3.63) is 0 Å². The Labute approximate surface area is 99.0 Å². The van der Waals surface area contributed by atoms with E-state index in [1.165, 1.54) is 25.7 Å². The van der Waals surface area contributed by atoms with Gasteiger partial charge in [0.05, 0.1) is 6.10 Å². The highest BCUT2D eigenvalue weighted by Gasteiger charge is 2.34. The molecule has 94 valence electrons. The zero-order valence-corrected chi connectivity index (χ0v) is 10.4. The third-order valence-electron chi connectivity index (χ3n) is 4.45. The molecule has 3 heteroatoms. The van der Waals surface area contributed by atoms with E-state index in [0.29, 0.717) is 18.1 Å². The summed E-state index contributed by atoms with van der Waals surface area (Å²) < 4.78 is 0. The van der Waals surface area contributed by atoms with Gasteiger partial charge in [0.25, 0.3) is 0 Å². The predicted molar refractivity (Wildman–Crippen MR) is 66.3 cm³/mol. The first-order valence-electron chi connectivity index (χ1n) is 6.91. The molecule has 0 spiro atoms. The van der Waals surface area contributed by atoms with Gasteiger partial charge < -0.3 is 10.8 Å². The average Bonchev–Trinajstić information content (AvgIpc) is 2.69. The molecule has 0 aliphatic heterocycles. The number of hydrogen-bond donors (Lipinski definition) is 2. The maximum Gasteiger partial charge on any atom is 0.0695 e. The highest BCUT2D eigenvalue weighted by molar-refractivity contribution is 4.90. The van der Waals surface area contributed by atoms with Crippen LogP contribution in [0, 0.1) is 0 Å². The minimum atomic E-state index is -0.0875. The van der Waals surface area contributed by atoms with Gasteiger partial charge in [-0.15, -0.1) is 0 Å². The van der Waals surface area contributed by atoms with Crippen LogP contribution in [0.2, 0.25) is 0 Å². The van der Waals surface area contributed by atoms with Gasteiger partial charge in [-0.1, -0.05) is 6.92 Å². The van der Waals surface area contributed by atoms with Crippen molar-refractivity contribution < 1.29 is 5.11 Å². The summed E-state index contributed by atoms with van der Waals surface area (Å²) in [5.74, 6) is 0. The Bertz CT molecular complexity index is 214. The van der Waals surface area contributed by atoms with E-state index in [-0.39, 0.29) is 6.10 Å². The van der Waals surface area contributed by atoms with Crippen molar-refractivity contribution in [3.63, 3.8) is 0 Å². The Kier molecular flexibility index (Phi) is 4.22. The van der Waals surface area contributed by atoms with Gasteiger partial charge in [-0.3, -0.25) is 4.90 Å². The molecule has 0 bridgehead atoms. The normalized spacial score (nSPS) is 40.5. The molecule has 0 aromatic heterocycles. The molecule has 2 aliphatic carbocycles. The quantitative estimate of drug-likeness (QED) is 0.766. The summed E-state index contributed by atoms with van der Waals surface area (Å²) in [6, 6.07) is 1.51. The molecule has 0 saturated heterocycles. The van der Waals surface area contributed by atoms with Crippen LogP contribution < -0.4 is 5.73 Å². The smallest absolute Gasteiger partial charge is 0.0695 e. The van der Waals surface area contributed by atoms with Crippen LogP contribution in [0.4, 0.5) is 0 Å². The van der Waals surface area contributed by atoms with Crippen LogP contribution in [0.1, 0.15) is 51.9 Å². The van der Waals surface area contributed by atoms with Gasteiger partial charge >= 0.3 is 0 Å². The summed E-state index contributed by atoms with van der Waals surface area (Å²) in [5.41, 5.74) is 5.95. The van der Waals surface area contributed by atoms with Crippen LogP contribution in [-0.2, 0) is 0 Å². The summed E-state index contributed by atoms with van der Waals surface area (Å²) in [6.45, 7) is 3.29. The zero-order chi connectivity index (χ0) is 11.5. The third-order valence-corrected chi connectivity index (χ3v) is 4.45. The van der Waals surface area contributed by atoms with Crippen LogP contribution in [-0.4, -0.2) is 40.8 Å². The molecule has 0 amide bonds. The second-order valence-corrected chi connectivity index (χ2v) is 5.46. The molecule has 0 aromatic rings. The molecular formula is C13H26N2O. The van der Waals surface area contributed by atoms with E-state index in [4.69, 9.17) is 5.73 Å². The Hall–Kier alpha value is -0.120. The van der Waals surface area contributed by atoms with Crippen LogP contribution in [0.5, 0.6) is 0 Å². The van der Waals surface area contributed by atoms with Gasteiger partial charge in [0.2, 0.25) is 0 Å². The zero-order valence-electron chi connectivity index (χ0n) is 10.4. The van der Waals surface area contributed by atoms with Crippen molar-refractivity contribution in [1.29, 1.82) is 0 Å². The fourth-order valence-corrected chi connectivity index (χ4v) is 3.50. The molecule has 2 saturated carbocycles. The average molecular weight is 226 g/mol. The lowest BCUT2D eigenvalue weighted by molar-refractivity contribution is 0.0331. The van der Waals surface area contributed by atoms with Gasteiger partial charge in [-0.2, -0.15) is 0 Å². The van der Waals surface area contributed by atoms with Crippen molar-refractivity contribution in [2.45, 2.75) is 76.1 Å². The first-order valence-corrected chi connectivity index (χ1v) is 6.91. The maximum atomic E-state index is 10.0. The maximum absolute atomic E-state index is 10.0. The number of hydrogen-bond acceptors (Lipinski definition) is 3. The fourth-order valence-electron chi connectivity index (χ4n) is 3.50.